The third kappa shape index (κ3) is 3.33. The highest BCUT2D eigenvalue weighted by Crippen LogP contribution is 2.42. The van der Waals surface area contributed by atoms with E-state index in [2.05, 4.69) is 53.2 Å². The van der Waals surface area contributed by atoms with Gasteiger partial charge in [-0.15, -0.1) is 11.3 Å². The van der Waals surface area contributed by atoms with Gasteiger partial charge in [-0.3, -0.25) is 4.40 Å². The first kappa shape index (κ1) is 20.3. The molecule has 160 valence electrons. The van der Waals surface area contributed by atoms with Gasteiger partial charge in [0, 0.05) is 11.1 Å². The Morgan fingerprint density at radius 2 is 1.66 bits per heavy atom. The second kappa shape index (κ2) is 8.13. The first-order valence-corrected chi connectivity index (χ1v) is 11.2. The van der Waals surface area contributed by atoms with Gasteiger partial charge >= 0.3 is 0 Å². The fourth-order valence-electron chi connectivity index (χ4n) is 3.99. The summed E-state index contributed by atoms with van der Waals surface area (Å²) in [5.41, 5.74) is 6.10. The van der Waals surface area contributed by atoms with Crippen LogP contribution in [0.2, 0.25) is 0 Å². The summed E-state index contributed by atoms with van der Waals surface area (Å²) >= 11 is 1.53. The summed E-state index contributed by atoms with van der Waals surface area (Å²) in [6, 6.07) is 21.1. The van der Waals surface area contributed by atoms with E-state index in [9.17, 15) is 0 Å². The molecule has 0 aliphatic carbocycles. The van der Waals surface area contributed by atoms with Crippen molar-refractivity contribution in [1.82, 2.24) is 9.38 Å². The van der Waals surface area contributed by atoms with E-state index in [0.717, 1.165) is 33.0 Å². The van der Waals surface area contributed by atoms with Crippen molar-refractivity contribution in [2.45, 2.75) is 13.8 Å². The Morgan fingerprint density at radius 3 is 2.38 bits per heavy atom. The van der Waals surface area contributed by atoms with E-state index in [1.54, 1.807) is 19.2 Å². The van der Waals surface area contributed by atoms with Crippen molar-refractivity contribution in [3.05, 3.63) is 89.1 Å². The molecule has 0 bridgehead atoms. The van der Waals surface area contributed by atoms with Crippen LogP contribution in [0.1, 0.15) is 11.1 Å². The van der Waals surface area contributed by atoms with Crippen molar-refractivity contribution in [2.24, 2.45) is 0 Å². The minimum absolute atomic E-state index is 0.346. The molecule has 0 saturated carbocycles. The van der Waals surface area contributed by atoms with Crippen LogP contribution in [0.3, 0.4) is 0 Å². The highest BCUT2D eigenvalue weighted by Gasteiger charge is 2.24. The lowest BCUT2D eigenvalue weighted by molar-refractivity contribution is 0.413. The van der Waals surface area contributed by atoms with Gasteiger partial charge < -0.3 is 10.1 Å². The maximum atomic E-state index is 15.1. The molecule has 2 aromatic heterocycles. The van der Waals surface area contributed by atoms with Gasteiger partial charge in [-0.05, 0) is 42.7 Å². The summed E-state index contributed by atoms with van der Waals surface area (Å²) < 4.78 is 22.7. The molecule has 0 fully saturated rings. The number of thiazole rings is 1. The number of anilines is 2. The topological polar surface area (TPSA) is 38.6 Å². The van der Waals surface area contributed by atoms with E-state index < -0.39 is 0 Å². The lowest BCUT2D eigenvalue weighted by Crippen LogP contribution is -2.02. The first-order chi connectivity index (χ1) is 15.6. The number of hydrogen-bond donors (Lipinski definition) is 1. The minimum atomic E-state index is -0.374. The maximum Gasteiger partial charge on any atom is 0.196 e. The molecule has 3 aromatic carbocycles. The summed E-state index contributed by atoms with van der Waals surface area (Å²) in [4.78, 5) is 5.63. The molecule has 0 aliphatic rings. The highest BCUT2D eigenvalue weighted by atomic mass is 32.1. The molecule has 2 heterocycles. The zero-order chi connectivity index (χ0) is 22.2. The Kier molecular flexibility index (Phi) is 5.15. The summed E-state index contributed by atoms with van der Waals surface area (Å²) in [5.74, 6) is 0.781. The zero-order valence-corrected chi connectivity index (χ0v) is 18.8. The van der Waals surface area contributed by atoms with E-state index in [4.69, 9.17) is 9.72 Å². The molecule has 0 aliphatic heterocycles. The number of para-hydroxylation sites is 1. The standard InChI is InChI=1S/C26H22FN3OS/c1-16-9-7-10-17(2)23(16)28-25-24(22-19(27)13-8-14-21(22)31-3)29-26-30(25)20(15-32-26)18-11-5-4-6-12-18/h4-15,28H,1-3H3. The molecule has 0 unspecified atom stereocenters. The van der Waals surface area contributed by atoms with E-state index in [-0.39, 0.29) is 5.82 Å². The second-order valence-corrected chi connectivity index (χ2v) is 8.46. The van der Waals surface area contributed by atoms with E-state index in [1.165, 1.54) is 17.4 Å². The molecular formula is C26H22FN3OS. The van der Waals surface area contributed by atoms with Gasteiger partial charge in [0.2, 0.25) is 0 Å². The number of ether oxygens (including phenoxy) is 1. The lowest BCUT2D eigenvalue weighted by atomic mass is 10.1. The number of imidazole rings is 1. The third-order valence-electron chi connectivity index (χ3n) is 5.59. The molecule has 0 atom stereocenters. The summed E-state index contributed by atoms with van der Waals surface area (Å²) in [6.07, 6.45) is 0. The summed E-state index contributed by atoms with van der Waals surface area (Å²) in [7, 11) is 1.55. The summed E-state index contributed by atoms with van der Waals surface area (Å²) in [6.45, 7) is 4.12. The molecule has 0 spiro atoms. The van der Waals surface area contributed by atoms with Gasteiger partial charge in [-0.1, -0.05) is 54.6 Å². The van der Waals surface area contributed by atoms with Gasteiger partial charge in [-0.2, -0.15) is 0 Å². The Bertz CT molecular complexity index is 1400. The fourth-order valence-corrected chi connectivity index (χ4v) is 4.89. The number of nitrogens with zero attached hydrogens (tertiary/aromatic N) is 2. The number of methoxy groups -OCH3 is 1. The Labute approximate surface area is 190 Å². The predicted molar refractivity (Wildman–Crippen MR) is 130 cm³/mol. The minimum Gasteiger partial charge on any atom is -0.496 e. The van der Waals surface area contributed by atoms with E-state index in [0.29, 0.717) is 22.8 Å². The number of rotatable bonds is 5. The Hall–Kier alpha value is -3.64. The van der Waals surface area contributed by atoms with Gasteiger partial charge in [0.1, 0.15) is 23.1 Å². The van der Waals surface area contributed by atoms with Crippen molar-refractivity contribution in [3.63, 3.8) is 0 Å². The van der Waals surface area contributed by atoms with Gasteiger partial charge in [-0.25, -0.2) is 9.37 Å². The van der Waals surface area contributed by atoms with Crippen LogP contribution in [-0.4, -0.2) is 16.5 Å². The molecule has 0 amide bonds. The average Bonchev–Trinajstić information content (AvgIpc) is 3.36. The normalized spacial score (nSPS) is 11.1. The molecule has 0 saturated heterocycles. The van der Waals surface area contributed by atoms with Crippen molar-refractivity contribution in [1.29, 1.82) is 0 Å². The largest absolute Gasteiger partial charge is 0.496 e. The first-order valence-electron chi connectivity index (χ1n) is 10.3. The highest BCUT2D eigenvalue weighted by molar-refractivity contribution is 7.15. The molecule has 5 aromatic rings. The van der Waals surface area contributed by atoms with Crippen LogP contribution >= 0.6 is 11.3 Å². The molecular weight excluding hydrogens is 421 g/mol. The molecule has 1 N–H and O–H groups in total. The molecule has 0 radical (unpaired) electrons. The van der Waals surface area contributed by atoms with Crippen LogP contribution in [0.5, 0.6) is 5.75 Å². The number of halogens is 1. The van der Waals surface area contributed by atoms with Gasteiger partial charge in [0.05, 0.1) is 18.4 Å². The molecule has 4 nitrogen and oxygen atoms in total. The second-order valence-electron chi connectivity index (χ2n) is 7.62. The molecule has 6 heteroatoms. The predicted octanol–water partition coefficient (Wildman–Crippen LogP) is 7.24. The average molecular weight is 444 g/mol. The number of aryl methyl sites for hydroxylation is 2. The van der Waals surface area contributed by atoms with Gasteiger partial charge in [0.15, 0.2) is 4.96 Å². The number of aromatic nitrogens is 2. The monoisotopic (exact) mass is 443 g/mol. The van der Waals surface area contributed by atoms with Crippen LogP contribution in [0, 0.1) is 19.7 Å². The van der Waals surface area contributed by atoms with Crippen LogP contribution in [0.25, 0.3) is 27.5 Å². The van der Waals surface area contributed by atoms with Crippen LogP contribution in [-0.2, 0) is 0 Å². The Morgan fingerprint density at radius 1 is 0.938 bits per heavy atom. The van der Waals surface area contributed by atoms with Crippen LogP contribution in [0.15, 0.2) is 72.1 Å². The maximum absolute atomic E-state index is 15.1. The van der Waals surface area contributed by atoms with Crippen molar-refractivity contribution < 1.29 is 9.13 Å². The number of benzene rings is 3. The van der Waals surface area contributed by atoms with Crippen LogP contribution in [0.4, 0.5) is 15.9 Å². The third-order valence-corrected chi connectivity index (χ3v) is 6.42. The quantitative estimate of drug-likeness (QED) is 0.311. The summed E-state index contributed by atoms with van der Waals surface area (Å²) in [5, 5.41) is 5.67. The van der Waals surface area contributed by atoms with Crippen LogP contribution < -0.4 is 10.1 Å². The van der Waals surface area contributed by atoms with E-state index >= 15 is 4.39 Å². The van der Waals surface area contributed by atoms with Gasteiger partial charge in [0.25, 0.3) is 0 Å². The number of hydrogen-bond acceptors (Lipinski definition) is 4. The van der Waals surface area contributed by atoms with Crippen molar-refractivity contribution >= 4 is 27.8 Å². The number of nitrogens with one attached hydrogen (secondary N) is 1. The fraction of sp³-hybridized carbons (Fsp3) is 0.115. The molecule has 5 rings (SSSR count). The van der Waals surface area contributed by atoms with E-state index in [1.807, 2.05) is 24.3 Å². The van der Waals surface area contributed by atoms with Crippen molar-refractivity contribution in [3.8, 4) is 28.3 Å². The Balaban J connectivity index is 1.82. The SMILES string of the molecule is COc1cccc(F)c1-c1nc2scc(-c3ccccc3)n2c1Nc1c(C)cccc1C. The number of fused-ring (bicyclic) bond motifs is 1. The molecule has 32 heavy (non-hydrogen) atoms. The smallest absolute Gasteiger partial charge is 0.196 e. The van der Waals surface area contributed by atoms with Crippen molar-refractivity contribution in [2.75, 3.05) is 12.4 Å². The lowest BCUT2D eigenvalue weighted by Gasteiger charge is -2.16. The zero-order valence-electron chi connectivity index (χ0n) is 18.0.